The lowest BCUT2D eigenvalue weighted by Gasteiger charge is -2.20. The third-order valence-electron chi connectivity index (χ3n) is 6.44. The molecule has 3 N–H and O–H groups in total. The summed E-state index contributed by atoms with van der Waals surface area (Å²) >= 11 is 0. The lowest BCUT2D eigenvalue weighted by molar-refractivity contribution is 0.0995. The predicted molar refractivity (Wildman–Crippen MR) is 140 cm³/mol. The quantitative estimate of drug-likeness (QED) is 0.413. The van der Waals surface area contributed by atoms with Crippen LogP contribution < -0.4 is 5.73 Å². The molecule has 5 rings (SSSR count). The van der Waals surface area contributed by atoms with Gasteiger partial charge in [0.05, 0.1) is 11.9 Å². The normalized spacial score (nSPS) is 14.8. The average Bonchev–Trinajstić information content (AvgIpc) is 3.58. The maximum absolute atomic E-state index is 12.4. The fourth-order valence-electron chi connectivity index (χ4n) is 4.55. The number of aryl methyl sites for hydroxylation is 3. The molecule has 1 aliphatic rings. The lowest BCUT2D eigenvalue weighted by atomic mass is 9.99. The Balaban J connectivity index is 0.000000469. The number of aliphatic hydroxyl groups is 1. The first-order valence-corrected chi connectivity index (χ1v) is 12.4. The minimum absolute atomic E-state index is 0.207. The Morgan fingerprint density at radius 2 is 2.11 bits per heavy atom. The van der Waals surface area contributed by atoms with E-state index in [4.69, 9.17) is 10.7 Å². The molecule has 4 heterocycles. The molecule has 0 radical (unpaired) electrons. The van der Waals surface area contributed by atoms with Crippen molar-refractivity contribution in [2.24, 2.45) is 12.8 Å². The summed E-state index contributed by atoms with van der Waals surface area (Å²) in [5, 5.41) is 17.2. The minimum atomic E-state index is -0.697. The van der Waals surface area contributed by atoms with E-state index in [2.05, 4.69) is 44.2 Å². The molecule has 0 saturated carbocycles. The molecule has 4 aromatic rings. The van der Waals surface area contributed by atoms with E-state index in [1.165, 1.54) is 5.56 Å². The number of amides is 1. The highest BCUT2D eigenvalue weighted by Crippen LogP contribution is 2.37. The number of primary amides is 1. The molecule has 37 heavy (non-hydrogen) atoms. The van der Waals surface area contributed by atoms with Crippen LogP contribution in [0.15, 0.2) is 47.2 Å². The van der Waals surface area contributed by atoms with E-state index in [0.717, 1.165) is 53.4 Å². The highest BCUT2D eigenvalue weighted by Gasteiger charge is 2.29. The Kier molecular flexibility index (Phi) is 7.89. The average molecular weight is 501 g/mol. The van der Waals surface area contributed by atoms with Crippen LogP contribution in [-0.2, 0) is 19.9 Å². The number of aromatic nitrogens is 5. The number of rotatable bonds is 4. The van der Waals surface area contributed by atoms with Gasteiger partial charge in [-0.05, 0) is 56.9 Å². The third kappa shape index (κ3) is 5.81. The predicted octanol–water partition coefficient (Wildman–Crippen LogP) is 3.59. The summed E-state index contributed by atoms with van der Waals surface area (Å²) in [7, 11) is 1.89. The van der Waals surface area contributed by atoms with Crippen LogP contribution >= 0.6 is 0 Å². The van der Waals surface area contributed by atoms with Gasteiger partial charge in [0.2, 0.25) is 0 Å². The first-order chi connectivity index (χ1) is 17.8. The van der Waals surface area contributed by atoms with Crippen molar-refractivity contribution in [3.8, 4) is 23.2 Å². The Bertz CT molecular complexity index is 1440. The second kappa shape index (κ2) is 11.3. The maximum atomic E-state index is 12.4. The number of hydrogen-bond donors (Lipinski definition) is 2. The van der Waals surface area contributed by atoms with Gasteiger partial charge in [-0.15, -0.1) is 0 Å². The van der Waals surface area contributed by atoms with Crippen LogP contribution in [0.25, 0.3) is 11.4 Å². The molecule has 192 valence electrons. The number of imidazole rings is 1. The van der Waals surface area contributed by atoms with Crippen molar-refractivity contribution in [2.75, 3.05) is 0 Å². The molecule has 1 aliphatic heterocycles. The standard InChI is InChI=1S/C24H27N5O2.C4H5NO/c1-4-18-10-9-17-8-7-16(6-5-15(2)30)13-20(17)24-27-22(23(25)31)21(29(18)24)14-19-11-12-26-28(19)3;1-4-2-3-5-6-4/h7-8,11-13,15,18,30H,4,9-10,14H2,1-3H3,(H2,25,31);2-3H,1H3. The van der Waals surface area contributed by atoms with Gasteiger partial charge in [-0.3, -0.25) is 9.48 Å². The first kappa shape index (κ1) is 25.9. The highest BCUT2D eigenvalue weighted by molar-refractivity contribution is 5.93. The van der Waals surface area contributed by atoms with Gasteiger partial charge in [0.25, 0.3) is 5.91 Å². The zero-order valence-electron chi connectivity index (χ0n) is 21.6. The minimum Gasteiger partial charge on any atom is -0.381 e. The largest absolute Gasteiger partial charge is 0.381 e. The van der Waals surface area contributed by atoms with E-state index in [9.17, 15) is 9.90 Å². The van der Waals surface area contributed by atoms with Crippen LogP contribution in [0.3, 0.4) is 0 Å². The van der Waals surface area contributed by atoms with E-state index in [0.29, 0.717) is 12.1 Å². The maximum Gasteiger partial charge on any atom is 0.269 e. The van der Waals surface area contributed by atoms with Gasteiger partial charge in [0.15, 0.2) is 0 Å². The van der Waals surface area contributed by atoms with Crippen molar-refractivity contribution in [1.29, 1.82) is 0 Å². The molecule has 0 spiro atoms. The summed E-state index contributed by atoms with van der Waals surface area (Å²) in [5.74, 6) is 6.90. The topological polar surface area (TPSA) is 125 Å². The second-order valence-electron chi connectivity index (χ2n) is 9.13. The van der Waals surface area contributed by atoms with Gasteiger partial charge in [-0.2, -0.15) is 5.10 Å². The van der Waals surface area contributed by atoms with Crippen LogP contribution in [0.1, 0.15) is 71.5 Å². The molecular formula is C28H32N6O3. The van der Waals surface area contributed by atoms with Gasteiger partial charge in [-0.25, -0.2) is 4.98 Å². The van der Waals surface area contributed by atoms with Gasteiger partial charge >= 0.3 is 0 Å². The Morgan fingerprint density at radius 3 is 2.68 bits per heavy atom. The monoisotopic (exact) mass is 500 g/mol. The molecule has 9 nitrogen and oxygen atoms in total. The van der Waals surface area contributed by atoms with E-state index in [1.54, 1.807) is 30.1 Å². The van der Waals surface area contributed by atoms with Crippen LogP contribution in [0.4, 0.5) is 0 Å². The van der Waals surface area contributed by atoms with Crippen molar-refractivity contribution in [3.63, 3.8) is 0 Å². The summed E-state index contributed by atoms with van der Waals surface area (Å²) in [5.41, 5.74) is 10.8. The smallest absolute Gasteiger partial charge is 0.269 e. The number of fused-ring (bicyclic) bond motifs is 3. The fourth-order valence-corrected chi connectivity index (χ4v) is 4.55. The molecule has 2 atom stereocenters. The molecule has 9 heteroatoms. The summed E-state index contributed by atoms with van der Waals surface area (Å²) in [6, 6.07) is 10.0. The van der Waals surface area contributed by atoms with Gasteiger partial charge in [0, 0.05) is 48.6 Å². The van der Waals surface area contributed by atoms with Crippen LogP contribution in [0.5, 0.6) is 0 Å². The number of aliphatic hydroxyl groups excluding tert-OH is 1. The number of carbonyl (C=O) groups is 1. The van der Waals surface area contributed by atoms with Gasteiger partial charge in [-0.1, -0.05) is 30.0 Å². The van der Waals surface area contributed by atoms with Crippen molar-refractivity contribution in [3.05, 3.63) is 76.7 Å². The van der Waals surface area contributed by atoms with Crippen molar-refractivity contribution < 1.29 is 14.4 Å². The highest BCUT2D eigenvalue weighted by atomic mass is 16.5. The molecule has 1 aromatic carbocycles. The van der Waals surface area contributed by atoms with Crippen molar-refractivity contribution in [1.82, 2.24) is 24.5 Å². The van der Waals surface area contributed by atoms with Gasteiger partial charge in [0.1, 0.15) is 23.4 Å². The van der Waals surface area contributed by atoms with E-state index >= 15 is 0 Å². The van der Waals surface area contributed by atoms with Crippen molar-refractivity contribution in [2.45, 2.75) is 58.6 Å². The molecule has 1 amide bonds. The summed E-state index contributed by atoms with van der Waals surface area (Å²) in [6.45, 7) is 5.65. The fraction of sp³-hybridized carbons (Fsp3) is 0.357. The summed E-state index contributed by atoms with van der Waals surface area (Å²) in [4.78, 5) is 17.1. The number of nitrogens with zero attached hydrogens (tertiary/aromatic N) is 5. The van der Waals surface area contributed by atoms with Crippen LogP contribution in [-0.4, -0.2) is 41.6 Å². The number of hydrogen-bond acceptors (Lipinski definition) is 6. The van der Waals surface area contributed by atoms with Crippen molar-refractivity contribution >= 4 is 5.91 Å². The van der Waals surface area contributed by atoms with Crippen LogP contribution in [0, 0.1) is 18.8 Å². The molecule has 0 fully saturated rings. The first-order valence-electron chi connectivity index (χ1n) is 12.4. The summed E-state index contributed by atoms with van der Waals surface area (Å²) in [6.07, 6.45) is 5.98. The van der Waals surface area contributed by atoms with Crippen LogP contribution in [0.2, 0.25) is 0 Å². The zero-order chi connectivity index (χ0) is 26.5. The Labute approximate surface area is 216 Å². The number of nitrogens with two attached hydrogens (primary N) is 1. The molecule has 2 unspecified atom stereocenters. The molecular weight excluding hydrogens is 468 g/mol. The Hall–Kier alpha value is -4.16. The second-order valence-corrected chi connectivity index (χ2v) is 9.13. The zero-order valence-corrected chi connectivity index (χ0v) is 21.6. The molecule has 0 aliphatic carbocycles. The molecule has 3 aromatic heterocycles. The number of benzene rings is 1. The molecule has 0 bridgehead atoms. The van der Waals surface area contributed by atoms with E-state index < -0.39 is 12.0 Å². The van der Waals surface area contributed by atoms with Gasteiger partial charge < -0.3 is 19.9 Å². The Morgan fingerprint density at radius 1 is 1.30 bits per heavy atom. The number of carbonyl (C=O) groups excluding carboxylic acids is 1. The lowest BCUT2D eigenvalue weighted by Crippen LogP contribution is -2.18. The SMILES string of the molecule is CCC1CCc2ccc(C#CC(C)O)cc2-c2nc(C(N)=O)c(Cc3ccnn3C)n21.Cc1ccno1. The third-order valence-corrected chi connectivity index (χ3v) is 6.44. The molecule has 0 saturated heterocycles. The summed E-state index contributed by atoms with van der Waals surface area (Å²) < 4.78 is 8.59. The van der Waals surface area contributed by atoms with E-state index in [-0.39, 0.29) is 6.04 Å². The van der Waals surface area contributed by atoms with E-state index in [1.807, 2.05) is 32.2 Å².